The summed E-state index contributed by atoms with van der Waals surface area (Å²) in [5.74, 6) is 0.397. The lowest BCUT2D eigenvalue weighted by atomic mass is 9.96. The number of likely N-dealkylation sites (tertiary alicyclic amines) is 1. The molecule has 1 amide bonds. The lowest BCUT2D eigenvalue weighted by molar-refractivity contribution is -0.137. The van der Waals surface area contributed by atoms with E-state index in [4.69, 9.17) is 0 Å². The zero-order valence-electron chi connectivity index (χ0n) is 13.3. The highest BCUT2D eigenvalue weighted by molar-refractivity contribution is 5.76. The largest absolute Gasteiger partial charge is 0.337 e. The van der Waals surface area contributed by atoms with Gasteiger partial charge in [-0.2, -0.15) is 0 Å². The Morgan fingerprint density at radius 2 is 1.47 bits per heavy atom. The number of rotatable bonds is 8. The van der Waals surface area contributed by atoms with Crippen LogP contribution in [0.15, 0.2) is 0 Å². The van der Waals surface area contributed by atoms with E-state index in [0.717, 1.165) is 12.8 Å². The lowest BCUT2D eigenvalue weighted by Crippen LogP contribution is -2.47. The van der Waals surface area contributed by atoms with Crippen LogP contribution in [0.5, 0.6) is 0 Å². The van der Waals surface area contributed by atoms with Crippen LogP contribution in [-0.4, -0.2) is 22.9 Å². The predicted octanol–water partition coefficient (Wildman–Crippen LogP) is 4.92. The van der Waals surface area contributed by atoms with Gasteiger partial charge in [0.1, 0.15) is 0 Å². The van der Waals surface area contributed by atoms with Crippen molar-refractivity contribution >= 4 is 5.91 Å². The van der Waals surface area contributed by atoms with Crippen molar-refractivity contribution < 1.29 is 4.79 Å². The lowest BCUT2D eigenvalue weighted by Gasteiger charge is -2.39. The Kier molecular flexibility index (Phi) is 8.16. The van der Waals surface area contributed by atoms with E-state index in [1.807, 2.05) is 0 Å². The predicted molar refractivity (Wildman–Crippen MR) is 82.2 cm³/mol. The molecule has 2 atom stereocenters. The van der Waals surface area contributed by atoms with Gasteiger partial charge < -0.3 is 4.90 Å². The third-order valence-corrected chi connectivity index (χ3v) is 4.48. The van der Waals surface area contributed by atoms with Crippen LogP contribution in [0.4, 0.5) is 0 Å². The first-order valence-electron chi connectivity index (χ1n) is 8.48. The van der Waals surface area contributed by atoms with E-state index in [1.165, 1.54) is 57.8 Å². The topological polar surface area (TPSA) is 20.3 Å². The van der Waals surface area contributed by atoms with E-state index in [9.17, 15) is 4.79 Å². The molecule has 2 unspecified atom stereocenters. The Morgan fingerprint density at radius 3 is 2.05 bits per heavy atom. The van der Waals surface area contributed by atoms with Crippen LogP contribution in [0, 0.1) is 0 Å². The van der Waals surface area contributed by atoms with Gasteiger partial charge in [-0.15, -0.1) is 0 Å². The Morgan fingerprint density at radius 1 is 0.947 bits per heavy atom. The van der Waals surface area contributed by atoms with Crippen molar-refractivity contribution in [1.29, 1.82) is 0 Å². The summed E-state index contributed by atoms with van der Waals surface area (Å²) in [5.41, 5.74) is 0. The summed E-state index contributed by atoms with van der Waals surface area (Å²) in [4.78, 5) is 14.4. The van der Waals surface area contributed by atoms with E-state index < -0.39 is 0 Å². The van der Waals surface area contributed by atoms with E-state index in [0.29, 0.717) is 18.0 Å². The number of nitrogens with zero attached hydrogens (tertiary/aromatic N) is 1. The molecule has 0 bridgehead atoms. The third kappa shape index (κ3) is 5.97. The minimum absolute atomic E-state index is 0.397. The summed E-state index contributed by atoms with van der Waals surface area (Å²) in [6.07, 6.45) is 13.4. The molecular weight excluding hydrogens is 234 g/mol. The molecule has 0 N–H and O–H groups in total. The van der Waals surface area contributed by atoms with Crippen molar-refractivity contribution in [3.05, 3.63) is 0 Å². The molecule has 0 aliphatic carbocycles. The quantitative estimate of drug-likeness (QED) is 0.572. The van der Waals surface area contributed by atoms with E-state index >= 15 is 0 Å². The number of amides is 1. The summed E-state index contributed by atoms with van der Waals surface area (Å²) in [6, 6.07) is 0.918. The number of unbranched alkanes of at least 4 members (excludes halogenated alkanes) is 6. The maximum absolute atomic E-state index is 12.3. The maximum Gasteiger partial charge on any atom is 0.223 e. The molecule has 0 aromatic carbocycles. The monoisotopic (exact) mass is 267 g/mol. The van der Waals surface area contributed by atoms with Crippen molar-refractivity contribution in [2.75, 3.05) is 0 Å². The van der Waals surface area contributed by atoms with Crippen molar-refractivity contribution in [1.82, 2.24) is 4.90 Å². The highest BCUT2D eigenvalue weighted by Gasteiger charge is 2.28. The molecular formula is C17H33NO. The first kappa shape index (κ1) is 16.5. The van der Waals surface area contributed by atoms with E-state index in [-0.39, 0.29) is 0 Å². The molecule has 2 nitrogen and oxygen atoms in total. The van der Waals surface area contributed by atoms with Gasteiger partial charge in [0.15, 0.2) is 0 Å². The smallest absolute Gasteiger partial charge is 0.223 e. The molecule has 1 saturated heterocycles. The maximum atomic E-state index is 12.3. The van der Waals surface area contributed by atoms with Crippen molar-refractivity contribution in [2.24, 2.45) is 0 Å². The fraction of sp³-hybridized carbons (Fsp3) is 0.941. The number of piperidine rings is 1. The van der Waals surface area contributed by atoms with Gasteiger partial charge in [-0.05, 0) is 39.5 Å². The van der Waals surface area contributed by atoms with Gasteiger partial charge in [0, 0.05) is 18.5 Å². The highest BCUT2D eigenvalue weighted by Crippen LogP contribution is 2.23. The zero-order valence-corrected chi connectivity index (χ0v) is 13.3. The molecule has 1 aliphatic heterocycles. The van der Waals surface area contributed by atoms with Gasteiger partial charge in [0.2, 0.25) is 5.91 Å². The van der Waals surface area contributed by atoms with Gasteiger partial charge in [-0.25, -0.2) is 0 Å². The third-order valence-electron chi connectivity index (χ3n) is 4.48. The SMILES string of the molecule is CCCCCCCCCC(=O)N1C(C)CCCC1C. The molecule has 1 heterocycles. The molecule has 1 aliphatic rings. The molecule has 0 saturated carbocycles. The summed E-state index contributed by atoms with van der Waals surface area (Å²) in [5, 5.41) is 0. The first-order valence-corrected chi connectivity index (χ1v) is 8.48. The Labute approximate surface area is 119 Å². The van der Waals surface area contributed by atoms with Crippen LogP contribution < -0.4 is 0 Å². The number of hydrogen-bond donors (Lipinski definition) is 0. The molecule has 0 radical (unpaired) electrons. The molecule has 1 rings (SSSR count). The highest BCUT2D eigenvalue weighted by atomic mass is 16.2. The standard InChI is InChI=1S/C17H33NO/c1-4-5-6-7-8-9-10-14-17(19)18-15(2)12-11-13-16(18)3/h15-16H,4-14H2,1-3H3. The number of carbonyl (C=O) groups excluding carboxylic acids is 1. The van der Waals surface area contributed by atoms with Crippen molar-refractivity contribution in [3.8, 4) is 0 Å². The van der Waals surface area contributed by atoms with Crippen LogP contribution in [0.3, 0.4) is 0 Å². The second-order valence-electron chi connectivity index (χ2n) is 6.30. The summed E-state index contributed by atoms with van der Waals surface area (Å²) < 4.78 is 0. The summed E-state index contributed by atoms with van der Waals surface area (Å²) in [6.45, 7) is 6.66. The first-order chi connectivity index (χ1) is 9.16. The number of hydrogen-bond acceptors (Lipinski definition) is 1. The summed E-state index contributed by atoms with van der Waals surface area (Å²) >= 11 is 0. The normalized spacial score (nSPS) is 23.6. The van der Waals surface area contributed by atoms with E-state index in [2.05, 4.69) is 25.7 Å². The van der Waals surface area contributed by atoms with Gasteiger partial charge >= 0.3 is 0 Å². The Hall–Kier alpha value is -0.530. The molecule has 0 spiro atoms. The average Bonchev–Trinajstić information content (AvgIpc) is 2.37. The van der Waals surface area contributed by atoms with E-state index in [1.54, 1.807) is 0 Å². The average molecular weight is 267 g/mol. The second-order valence-corrected chi connectivity index (χ2v) is 6.30. The van der Waals surface area contributed by atoms with Gasteiger partial charge in [0.05, 0.1) is 0 Å². The zero-order chi connectivity index (χ0) is 14.1. The van der Waals surface area contributed by atoms with Gasteiger partial charge in [-0.3, -0.25) is 4.79 Å². The molecule has 0 aromatic rings. The van der Waals surface area contributed by atoms with Crippen LogP contribution in [-0.2, 0) is 4.79 Å². The summed E-state index contributed by atoms with van der Waals surface area (Å²) in [7, 11) is 0. The van der Waals surface area contributed by atoms with Crippen LogP contribution in [0.2, 0.25) is 0 Å². The Balaban J connectivity index is 2.12. The fourth-order valence-corrected chi connectivity index (χ4v) is 3.28. The van der Waals surface area contributed by atoms with Crippen LogP contribution >= 0.6 is 0 Å². The number of carbonyl (C=O) groups is 1. The van der Waals surface area contributed by atoms with Gasteiger partial charge in [0.25, 0.3) is 0 Å². The van der Waals surface area contributed by atoms with Crippen molar-refractivity contribution in [3.63, 3.8) is 0 Å². The minimum Gasteiger partial charge on any atom is -0.337 e. The molecule has 112 valence electrons. The second kappa shape index (κ2) is 9.39. The fourth-order valence-electron chi connectivity index (χ4n) is 3.28. The minimum atomic E-state index is 0.397. The Bertz CT molecular complexity index is 242. The van der Waals surface area contributed by atoms with Crippen LogP contribution in [0.1, 0.15) is 91.4 Å². The van der Waals surface area contributed by atoms with Crippen molar-refractivity contribution in [2.45, 2.75) is 103 Å². The molecule has 1 fully saturated rings. The molecule has 0 aromatic heterocycles. The van der Waals surface area contributed by atoms with Gasteiger partial charge in [-0.1, -0.05) is 45.4 Å². The van der Waals surface area contributed by atoms with Crippen LogP contribution in [0.25, 0.3) is 0 Å². The molecule has 19 heavy (non-hydrogen) atoms. The molecule has 2 heteroatoms.